The summed E-state index contributed by atoms with van der Waals surface area (Å²) in [7, 11) is 0. The van der Waals surface area contributed by atoms with Crippen LogP contribution in [0.1, 0.15) is 32.6 Å². The molecule has 1 aromatic carbocycles. The molecule has 31 heavy (non-hydrogen) atoms. The highest BCUT2D eigenvalue weighted by Crippen LogP contribution is 2.49. The minimum atomic E-state index is -0.289. The van der Waals surface area contributed by atoms with Crippen LogP contribution in [0, 0.1) is 17.8 Å². The third-order valence-electron chi connectivity index (χ3n) is 6.85. The Kier molecular flexibility index (Phi) is 5.52. The smallest absolute Gasteiger partial charge is 0.282 e. The molecule has 2 aliphatic carbocycles. The monoisotopic (exact) mass is 454 g/mol. The lowest BCUT2D eigenvalue weighted by Crippen LogP contribution is -2.41. The molecule has 0 unspecified atom stereocenters. The van der Waals surface area contributed by atoms with Gasteiger partial charge in [-0.1, -0.05) is 48.5 Å². The van der Waals surface area contributed by atoms with Gasteiger partial charge in [-0.05, 0) is 49.5 Å². The molecule has 1 amide bonds. The minimum absolute atomic E-state index is 0.0363. The standard InChI is InChI=1S/C23H26N4O2S2/c1-13(17-10-14-7-8-16(17)9-14)25-19(28)12-31-23-26-21-20(22(29)27(23)24)18(11-30-21)15-5-3-2-4-6-15/h2-6,11,13-14,16-17H,7-10,12,24H2,1H3,(H,25,28)/t13-,14-,16-,17+/m0/s1. The van der Waals surface area contributed by atoms with Crippen molar-refractivity contribution in [3.8, 4) is 11.1 Å². The van der Waals surface area contributed by atoms with Crippen LogP contribution >= 0.6 is 23.1 Å². The Morgan fingerprint density at radius 2 is 2.13 bits per heavy atom. The number of rotatable bonds is 6. The maximum atomic E-state index is 13.0. The molecule has 162 valence electrons. The first-order chi connectivity index (χ1) is 15.0. The molecule has 8 heteroatoms. The molecule has 0 aliphatic heterocycles. The van der Waals surface area contributed by atoms with Gasteiger partial charge < -0.3 is 11.2 Å². The van der Waals surface area contributed by atoms with Gasteiger partial charge in [0.25, 0.3) is 5.56 Å². The SMILES string of the molecule is C[C@H](NC(=O)CSc1nc2scc(-c3ccccc3)c2c(=O)n1N)[C@H]1C[C@H]2CC[C@H]1C2. The van der Waals surface area contributed by atoms with Gasteiger partial charge in [-0.15, -0.1) is 11.3 Å². The number of nitrogens with zero attached hydrogens (tertiary/aromatic N) is 2. The van der Waals surface area contributed by atoms with E-state index in [1.165, 1.54) is 48.8 Å². The predicted molar refractivity (Wildman–Crippen MR) is 127 cm³/mol. The third-order valence-corrected chi connectivity index (χ3v) is 8.67. The fourth-order valence-corrected chi connectivity index (χ4v) is 7.07. The summed E-state index contributed by atoms with van der Waals surface area (Å²) in [5, 5.41) is 5.99. The molecule has 2 aliphatic rings. The molecule has 4 atom stereocenters. The summed E-state index contributed by atoms with van der Waals surface area (Å²) in [6, 6.07) is 9.93. The van der Waals surface area contributed by atoms with E-state index in [9.17, 15) is 9.59 Å². The topological polar surface area (TPSA) is 90.0 Å². The van der Waals surface area contributed by atoms with Gasteiger partial charge in [0.2, 0.25) is 5.91 Å². The molecule has 6 nitrogen and oxygen atoms in total. The summed E-state index contributed by atoms with van der Waals surface area (Å²) in [6.07, 6.45) is 5.23. The molecule has 3 N–H and O–H groups in total. The maximum absolute atomic E-state index is 13.0. The number of nitrogens with one attached hydrogen (secondary N) is 1. The van der Waals surface area contributed by atoms with Gasteiger partial charge in [0.15, 0.2) is 5.16 Å². The number of carbonyl (C=O) groups is 1. The molecule has 2 bridgehead atoms. The van der Waals surface area contributed by atoms with Crippen molar-refractivity contribution in [1.82, 2.24) is 15.0 Å². The van der Waals surface area contributed by atoms with Crippen molar-refractivity contribution >= 4 is 39.2 Å². The van der Waals surface area contributed by atoms with E-state index < -0.39 is 0 Å². The summed E-state index contributed by atoms with van der Waals surface area (Å²) in [5.41, 5.74) is 1.51. The predicted octanol–water partition coefficient (Wildman–Crippen LogP) is 3.87. The largest absolute Gasteiger partial charge is 0.353 e. The van der Waals surface area contributed by atoms with Gasteiger partial charge in [-0.2, -0.15) is 0 Å². The molecule has 5 rings (SSSR count). The Morgan fingerprint density at radius 1 is 1.32 bits per heavy atom. The number of hydrogen-bond acceptors (Lipinski definition) is 6. The maximum Gasteiger partial charge on any atom is 0.282 e. The van der Waals surface area contributed by atoms with Crippen molar-refractivity contribution in [2.24, 2.45) is 17.8 Å². The van der Waals surface area contributed by atoms with Crippen molar-refractivity contribution in [3.63, 3.8) is 0 Å². The van der Waals surface area contributed by atoms with Crippen molar-refractivity contribution < 1.29 is 4.79 Å². The number of benzene rings is 1. The summed E-state index contributed by atoms with van der Waals surface area (Å²) in [4.78, 5) is 30.7. The number of fused-ring (bicyclic) bond motifs is 3. The second kappa shape index (κ2) is 8.31. The van der Waals surface area contributed by atoms with E-state index in [1.54, 1.807) is 0 Å². The van der Waals surface area contributed by atoms with Gasteiger partial charge in [-0.25, -0.2) is 9.66 Å². The molecule has 2 saturated carbocycles. The van der Waals surface area contributed by atoms with E-state index >= 15 is 0 Å². The molecule has 0 spiro atoms. The van der Waals surface area contributed by atoms with E-state index in [0.29, 0.717) is 21.3 Å². The van der Waals surface area contributed by atoms with Crippen LogP contribution < -0.4 is 16.7 Å². The fraction of sp³-hybridized carbons (Fsp3) is 0.435. The van der Waals surface area contributed by atoms with Crippen LogP contribution in [0.15, 0.2) is 45.7 Å². The lowest BCUT2D eigenvalue weighted by Gasteiger charge is -2.28. The van der Waals surface area contributed by atoms with Gasteiger partial charge in [0, 0.05) is 17.0 Å². The van der Waals surface area contributed by atoms with E-state index in [0.717, 1.165) is 27.6 Å². The molecule has 2 aromatic heterocycles. The lowest BCUT2D eigenvalue weighted by molar-refractivity contribution is -0.119. The Balaban J connectivity index is 1.29. The second-order valence-electron chi connectivity index (χ2n) is 8.75. The van der Waals surface area contributed by atoms with Crippen LogP contribution in [0.5, 0.6) is 0 Å². The highest BCUT2D eigenvalue weighted by molar-refractivity contribution is 7.99. The normalized spacial score (nSPS) is 23.3. The van der Waals surface area contributed by atoms with Crippen LogP contribution in [-0.2, 0) is 4.79 Å². The molecular formula is C23H26N4O2S2. The van der Waals surface area contributed by atoms with E-state index in [2.05, 4.69) is 17.2 Å². The van der Waals surface area contributed by atoms with Gasteiger partial charge in [0.1, 0.15) is 4.83 Å². The molecule has 3 aromatic rings. The zero-order chi connectivity index (χ0) is 21.5. The Hall–Kier alpha value is -2.32. The molecule has 2 fully saturated rings. The highest BCUT2D eigenvalue weighted by Gasteiger charge is 2.42. The number of hydrogen-bond donors (Lipinski definition) is 2. The summed E-state index contributed by atoms with van der Waals surface area (Å²) < 4.78 is 1.07. The van der Waals surface area contributed by atoms with Crippen molar-refractivity contribution in [2.75, 3.05) is 11.6 Å². The van der Waals surface area contributed by atoms with Crippen LogP contribution in [0.4, 0.5) is 0 Å². The van der Waals surface area contributed by atoms with Crippen LogP contribution in [0.3, 0.4) is 0 Å². The summed E-state index contributed by atoms with van der Waals surface area (Å²) in [6.45, 7) is 2.12. The number of nitrogen functional groups attached to an aromatic ring is 1. The average molecular weight is 455 g/mol. The van der Waals surface area contributed by atoms with E-state index in [-0.39, 0.29) is 23.3 Å². The second-order valence-corrected chi connectivity index (χ2v) is 10.5. The van der Waals surface area contributed by atoms with Gasteiger partial charge in [-0.3, -0.25) is 9.59 Å². The van der Waals surface area contributed by atoms with E-state index in [4.69, 9.17) is 5.84 Å². The van der Waals surface area contributed by atoms with Gasteiger partial charge in [0.05, 0.1) is 11.1 Å². The molecular weight excluding hydrogens is 428 g/mol. The summed E-state index contributed by atoms with van der Waals surface area (Å²) in [5.74, 6) is 8.45. The van der Waals surface area contributed by atoms with Crippen molar-refractivity contribution in [1.29, 1.82) is 0 Å². The first-order valence-corrected chi connectivity index (χ1v) is 12.6. The molecule has 0 radical (unpaired) electrons. The number of thiophene rings is 1. The van der Waals surface area contributed by atoms with Gasteiger partial charge >= 0.3 is 0 Å². The fourth-order valence-electron chi connectivity index (χ4n) is 5.36. The summed E-state index contributed by atoms with van der Waals surface area (Å²) >= 11 is 2.63. The number of carbonyl (C=O) groups excluding carboxylic acids is 1. The average Bonchev–Trinajstić information content (AvgIpc) is 3.51. The Labute approximate surface area is 189 Å². The first-order valence-electron chi connectivity index (χ1n) is 10.8. The quantitative estimate of drug-likeness (QED) is 0.335. The zero-order valence-corrected chi connectivity index (χ0v) is 19.0. The van der Waals surface area contributed by atoms with Crippen molar-refractivity contribution in [2.45, 2.75) is 43.8 Å². The molecule has 0 saturated heterocycles. The number of nitrogens with two attached hydrogens (primary N) is 1. The lowest BCUT2D eigenvalue weighted by atomic mass is 9.84. The Morgan fingerprint density at radius 3 is 2.84 bits per heavy atom. The first kappa shape index (κ1) is 20.6. The Bertz CT molecular complexity index is 1170. The van der Waals surface area contributed by atoms with Crippen LogP contribution in [0.25, 0.3) is 21.3 Å². The van der Waals surface area contributed by atoms with Crippen LogP contribution in [0.2, 0.25) is 0 Å². The van der Waals surface area contributed by atoms with Crippen molar-refractivity contribution in [3.05, 3.63) is 46.1 Å². The molecule has 2 heterocycles. The minimum Gasteiger partial charge on any atom is -0.353 e. The number of thioether (sulfide) groups is 1. The zero-order valence-electron chi connectivity index (χ0n) is 17.4. The van der Waals surface area contributed by atoms with E-state index in [1.807, 2.05) is 35.7 Å². The highest BCUT2D eigenvalue weighted by atomic mass is 32.2. The third kappa shape index (κ3) is 3.87. The number of aromatic nitrogens is 2. The van der Waals surface area contributed by atoms with Crippen LogP contribution in [-0.4, -0.2) is 27.4 Å². The number of amides is 1.